The van der Waals surface area contributed by atoms with Crippen LogP contribution in [0, 0.1) is 0 Å². The van der Waals surface area contributed by atoms with E-state index in [1.165, 1.54) is 12.1 Å². The highest BCUT2D eigenvalue weighted by Crippen LogP contribution is 2.36. The van der Waals surface area contributed by atoms with E-state index in [2.05, 4.69) is 0 Å². The lowest BCUT2D eigenvalue weighted by atomic mass is 10.1. The second-order valence-electron chi connectivity index (χ2n) is 3.45. The molecule has 0 radical (unpaired) electrons. The fourth-order valence-electron chi connectivity index (χ4n) is 1.52. The molecule has 0 aliphatic carbocycles. The highest BCUT2D eigenvalue weighted by Gasteiger charge is 2.25. The minimum absolute atomic E-state index is 0.161. The second kappa shape index (κ2) is 5.41. The highest BCUT2D eigenvalue weighted by molar-refractivity contribution is 7.89. The van der Waals surface area contributed by atoms with Crippen LogP contribution < -0.4 is 10.6 Å². The van der Waals surface area contributed by atoms with E-state index < -0.39 is 15.3 Å². The third-order valence-electron chi connectivity index (χ3n) is 2.32. The minimum Gasteiger partial charge on any atom is -0.291 e. The van der Waals surface area contributed by atoms with E-state index >= 15 is 0 Å². The molecule has 96 valence electrons. The molecular weight excluding hydrogens is 287 g/mol. The number of primary sulfonamides is 1. The van der Waals surface area contributed by atoms with Crippen LogP contribution in [0.4, 0.5) is 5.69 Å². The monoisotopic (exact) mass is 298 g/mol. The van der Waals surface area contributed by atoms with E-state index in [0.29, 0.717) is 5.56 Å². The van der Waals surface area contributed by atoms with Crippen molar-refractivity contribution >= 4 is 38.9 Å². The van der Waals surface area contributed by atoms with Crippen LogP contribution in [0.5, 0.6) is 0 Å². The van der Waals surface area contributed by atoms with Gasteiger partial charge < -0.3 is 0 Å². The number of anilines is 1. The van der Waals surface area contributed by atoms with Crippen LogP contribution in [0.25, 0.3) is 0 Å². The molecule has 8 heteroatoms. The molecule has 1 aromatic rings. The predicted molar refractivity (Wildman–Crippen MR) is 68.0 cm³/mol. The Labute approximate surface area is 110 Å². The van der Waals surface area contributed by atoms with Gasteiger partial charge in [-0.1, -0.05) is 30.1 Å². The van der Waals surface area contributed by atoms with Gasteiger partial charge in [0.15, 0.2) is 0 Å². The number of hydrogen-bond acceptors (Lipinski definition) is 4. The van der Waals surface area contributed by atoms with Crippen molar-refractivity contribution < 1.29 is 13.6 Å². The molecule has 1 rings (SSSR count). The standard InChI is InChI=1S/C9H12Cl2N2O3S/c1-2-9(17(12,15)16)5-3-7(11)8(13-14)4-6(5)10/h3-4,9,13-14H,2H2,1H3,(H2,12,15,16). The Morgan fingerprint density at radius 3 is 2.41 bits per heavy atom. The Morgan fingerprint density at radius 1 is 1.41 bits per heavy atom. The molecule has 1 unspecified atom stereocenters. The molecule has 1 atom stereocenters. The molecule has 1 aromatic carbocycles. The first-order valence-corrected chi connectivity index (χ1v) is 7.08. The molecule has 5 nitrogen and oxygen atoms in total. The number of sulfonamides is 1. The lowest BCUT2D eigenvalue weighted by molar-refractivity contribution is 0.389. The summed E-state index contributed by atoms with van der Waals surface area (Å²) in [6, 6.07) is 2.72. The maximum Gasteiger partial charge on any atom is 0.216 e. The summed E-state index contributed by atoms with van der Waals surface area (Å²) in [4.78, 5) is 0. The SMILES string of the molecule is CCC(c1cc(Cl)c(NO)cc1Cl)S(N)(=O)=O. The van der Waals surface area contributed by atoms with Gasteiger partial charge in [0, 0.05) is 5.02 Å². The van der Waals surface area contributed by atoms with Crippen LogP contribution in [0.15, 0.2) is 12.1 Å². The Balaban J connectivity index is 3.36. The Morgan fingerprint density at radius 2 is 2.00 bits per heavy atom. The summed E-state index contributed by atoms with van der Waals surface area (Å²) in [6.07, 6.45) is 0.279. The first-order chi connectivity index (χ1) is 7.81. The Bertz CT molecular complexity index is 519. The quantitative estimate of drug-likeness (QED) is 0.745. The van der Waals surface area contributed by atoms with Crippen LogP contribution >= 0.6 is 23.2 Å². The maximum atomic E-state index is 11.4. The van der Waals surface area contributed by atoms with Gasteiger partial charge in [-0.15, -0.1) is 0 Å². The van der Waals surface area contributed by atoms with E-state index in [0.717, 1.165) is 0 Å². The summed E-state index contributed by atoms with van der Waals surface area (Å²) in [5.41, 5.74) is 2.38. The van der Waals surface area contributed by atoms with Gasteiger partial charge in [-0.25, -0.2) is 13.6 Å². The van der Waals surface area contributed by atoms with Crippen molar-refractivity contribution in [1.29, 1.82) is 0 Å². The van der Waals surface area contributed by atoms with E-state index in [-0.39, 0.29) is 22.2 Å². The maximum absolute atomic E-state index is 11.4. The van der Waals surface area contributed by atoms with Crippen molar-refractivity contribution in [2.45, 2.75) is 18.6 Å². The molecule has 0 aliphatic heterocycles. The summed E-state index contributed by atoms with van der Waals surface area (Å²) in [6.45, 7) is 1.68. The summed E-state index contributed by atoms with van der Waals surface area (Å²) in [5, 5.41) is 13.3. The van der Waals surface area contributed by atoms with Gasteiger partial charge in [0.05, 0.1) is 10.7 Å². The van der Waals surface area contributed by atoms with Gasteiger partial charge in [-0.05, 0) is 24.1 Å². The first kappa shape index (κ1) is 14.5. The van der Waals surface area contributed by atoms with Gasteiger partial charge >= 0.3 is 0 Å². The van der Waals surface area contributed by atoms with E-state index in [1.807, 2.05) is 5.48 Å². The van der Waals surface area contributed by atoms with Gasteiger partial charge in [0.2, 0.25) is 10.0 Å². The largest absolute Gasteiger partial charge is 0.291 e. The van der Waals surface area contributed by atoms with Gasteiger partial charge in [0.1, 0.15) is 5.25 Å². The number of benzene rings is 1. The zero-order valence-electron chi connectivity index (χ0n) is 8.94. The van der Waals surface area contributed by atoms with Crippen molar-refractivity contribution in [1.82, 2.24) is 0 Å². The lowest BCUT2D eigenvalue weighted by Crippen LogP contribution is -2.21. The molecule has 0 saturated heterocycles. The lowest BCUT2D eigenvalue weighted by Gasteiger charge is -2.16. The van der Waals surface area contributed by atoms with E-state index in [1.54, 1.807) is 6.92 Å². The zero-order chi connectivity index (χ0) is 13.2. The van der Waals surface area contributed by atoms with Crippen molar-refractivity contribution in [2.24, 2.45) is 5.14 Å². The number of nitrogens with two attached hydrogens (primary N) is 1. The molecule has 0 heterocycles. The van der Waals surface area contributed by atoms with Crippen LogP contribution in [0.1, 0.15) is 24.2 Å². The third-order valence-corrected chi connectivity index (χ3v) is 4.34. The topological polar surface area (TPSA) is 92.4 Å². The predicted octanol–water partition coefficient (Wildman–Crippen LogP) is 2.53. The molecule has 0 amide bonds. The molecular formula is C9H12Cl2N2O3S. The number of rotatable bonds is 4. The fraction of sp³-hybridized carbons (Fsp3) is 0.333. The van der Waals surface area contributed by atoms with Gasteiger partial charge in [0.25, 0.3) is 0 Å². The van der Waals surface area contributed by atoms with E-state index in [9.17, 15) is 8.42 Å². The van der Waals surface area contributed by atoms with Crippen molar-refractivity contribution in [3.05, 3.63) is 27.7 Å². The van der Waals surface area contributed by atoms with E-state index in [4.69, 9.17) is 33.5 Å². The number of nitrogens with one attached hydrogen (secondary N) is 1. The molecule has 0 fully saturated rings. The minimum atomic E-state index is -3.75. The zero-order valence-corrected chi connectivity index (χ0v) is 11.3. The Kier molecular flexibility index (Phi) is 4.62. The average molecular weight is 299 g/mol. The molecule has 0 bridgehead atoms. The number of halogens is 2. The average Bonchev–Trinajstić information content (AvgIpc) is 2.21. The smallest absolute Gasteiger partial charge is 0.216 e. The van der Waals surface area contributed by atoms with Crippen LogP contribution in [-0.4, -0.2) is 13.6 Å². The summed E-state index contributed by atoms with van der Waals surface area (Å²) >= 11 is 11.8. The Hall–Kier alpha value is -0.530. The van der Waals surface area contributed by atoms with Crippen LogP contribution in [0.2, 0.25) is 10.0 Å². The molecule has 0 aliphatic rings. The van der Waals surface area contributed by atoms with Gasteiger partial charge in [-0.3, -0.25) is 10.7 Å². The molecule has 4 N–H and O–H groups in total. The summed E-state index contributed by atoms with van der Waals surface area (Å²) < 4.78 is 22.8. The number of hydrogen-bond donors (Lipinski definition) is 3. The molecule has 0 saturated carbocycles. The van der Waals surface area contributed by atoms with Crippen molar-refractivity contribution in [3.63, 3.8) is 0 Å². The van der Waals surface area contributed by atoms with Crippen molar-refractivity contribution in [3.8, 4) is 0 Å². The fourth-order valence-corrected chi connectivity index (χ4v) is 3.11. The van der Waals surface area contributed by atoms with Crippen LogP contribution in [0.3, 0.4) is 0 Å². The second-order valence-corrected chi connectivity index (χ2v) is 6.01. The molecule has 0 aromatic heterocycles. The van der Waals surface area contributed by atoms with Gasteiger partial charge in [-0.2, -0.15) is 0 Å². The molecule has 0 spiro atoms. The van der Waals surface area contributed by atoms with Crippen molar-refractivity contribution in [2.75, 3.05) is 5.48 Å². The summed E-state index contributed by atoms with van der Waals surface area (Å²) in [5.74, 6) is 0. The summed E-state index contributed by atoms with van der Waals surface area (Å²) in [7, 11) is -3.75. The molecule has 17 heavy (non-hydrogen) atoms. The third kappa shape index (κ3) is 3.23. The van der Waals surface area contributed by atoms with Crippen LogP contribution in [-0.2, 0) is 10.0 Å². The highest BCUT2D eigenvalue weighted by atomic mass is 35.5. The normalized spacial score (nSPS) is 13.5. The first-order valence-electron chi connectivity index (χ1n) is 4.72.